The van der Waals surface area contributed by atoms with Crippen LogP contribution in [0.2, 0.25) is 0 Å². The Labute approximate surface area is 240 Å². The van der Waals surface area contributed by atoms with E-state index in [9.17, 15) is 0 Å². The Morgan fingerprint density at radius 3 is 1.93 bits per heavy atom. The van der Waals surface area contributed by atoms with Gasteiger partial charge in [0, 0.05) is 34.6 Å². The lowest BCUT2D eigenvalue weighted by molar-refractivity contribution is 1.18. The van der Waals surface area contributed by atoms with Crippen LogP contribution >= 0.6 is 0 Å². The first kappa shape index (κ1) is 18.8. The van der Waals surface area contributed by atoms with Crippen molar-refractivity contribution < 1.29 is 6.85 Å². The minimum atomic E-state index is -0.461. The number of aromatic nitrogens is 3. The smallest absolute Gasteiger partial charge is 0.160 e. The van der Waals surface area contributed by atoms with E-state index in [1.807, 2.05) is 72.8 Å². The van der Waals surface area contributed by atoms with Gasteiger partial charge in [0.15, 0.2) is 5.82 Å². The fourth-order valence-corrected chi connectivity index (χ4v) is 4.93. The van der Waals surface area contributed by atoms with E-state index in [2.05, 4.69) is 41.4 Å². The van der Waals surface area contributed by atoms with E-state index in [0.29, 0.717) is 11.4 Å². The van der Waals surface area contributed by atoms with Crippen molar-refractivity contribution in [1.29, 1.82) is 0 Å². The Bertz CT molecular complexity index is 2200. The van der Waals surface area contributed by atoms with Gasteiger partial charge in [0.2, 0.25) is 0 Å². The van der Waals surface area contributed by atoms with E-state index >= 15 is 0 Å². The Morgan fingerprint density at radius 2 is 1.15 bits per heavy atom. The highest BCUT2D eigenvalue weighted by Gasteiger charge is 2.13. The molecule has 0 saturated carbocycles. The molecule has 0 atom stereocenters. The number of rotatable bonds is 5. The summed E-state index contributed by atoms with van der Waals surface area (Å²) in [5.41, 5.74) is 6.66. The van der Waals surface area contributed by atoms with Crippen molar-refractivity contribution in [3.8, 4) is 56.2 Å². The fourth-order valence-electron chi connectivity index (χ4n) is 4.93. The molecule has 0 spiro atoms. The van der Waals surface area contributed by atoms with Crippen LogP contribution in [-0.2, 0) is 0 Å². The summed E-state index contributed by atoms with van der Waals surface area (Å²) in [5.74, 6) is 0.0573. The summed E-state index contributed by atoms with van der Waals surface area (Å²) in [6, 6.07) is 34.1. The first-order valence-corrected chi connectivity index (χ1v) is 12.9. The highest BCUT2D eigenvalue weighted by molar-refractivity contribution is 5.97. The molecule has 0 radical (unpaired) electrons. The zero-order chi connectivity index (χ0) is 31.1. The van der Waals surface area contributed by atoms with Gasteiger partial charge in [0.25, 0.3) is 0 Å². The lowest BCUT2D eigenvalue weighted by Crippen LogP contribution is -1.96. The second kappa shape index (κ2) is 10.4. The van der Waals surface area contributed by atoms with Gasteiger partial charge < -0.3 is 0 Å². The number of pyridine rings is 1. The van der Waals surface area contributed by atoms with E-state index < -0.39 is 18.1 Å². The maximum atomic E-state index is 8.63. The van der Waals surface area contributed by atoms with Crippen molar-refractivity contribution in [2.75, 3.05) is 0 Å². The second-order valence-electron chi connectivity index (χ2n) is 9.39. The number of benzene rings is 5. The van der Waals surface area contributed by atoms with Gasteiger partial charge in [-0.05, 0) is 51.7 Å². The van der Waals surface area contributed by atoms with Crippen molar-refractivity contribution in [2.45, 2.75) is 0 Å². The summed E-state index contributed by atoms with van der Waals surface area (Å²) < 4.78 is 41.9. The molecular formula is C37H25N3. The molecule has 3 nitrogen and oxygen atoms in total. The van der Waals surface area contributed by atoms with Gasteiger partial charge in [-0.3, -0.25) is 4.98 Å². The highest BCUT2D eigenvalue weighted by atomic mass is 14.9. The van der Waals surface area contributed by atoms with Gasteiger partial charge in [0.05, 0.1) is 18.2 Å². The maximum Gasteiger partial charge on any atom is 0.160 e. The first-order valence-electron chi connectivity index (χ1n) is 15.4. The molecule has 7 rings (SSSR count). The third-order valence-electron chi connectivity index (χ3n) is 6.86. The predicted molar refractivity (Wildman–Crippen MR) is 165 cm³/mol. The van der Waals surface area contributed by atoms with E-state index in [4.69, 9.17) is 16.8 Å². The zero-order valence-corrected chi connectivity index (χ0v) is 21.4. The molecule has 0 fully saturated rings. The Kier molecular flexibility index (Phi) is 4.88. The third-order valence-corrected chi connectivity index (χ3v) is 6.86. The van der Waals surface area contributed by atoms with Crippen LogP contribution in [0.4, 0.5) is 0 Å². The largest absolute Gasteiger partial charge is 0.264 e. The van der Waals surface area contributed by atoms with Crippen LogP contribution in [0.3, 0.4) is 0 Å². The zero-order valence-electron chi connectivity index (χ0n) is 26.4. The molecule has 0 saturated heterocycles. The van der Waals surface area contributed by atoms with E-state index in [-0.39, 0.29) is 23.5 Å². The second-order valence-corrected chi connectivity index (χ2v) is 9.39. The van der Waals surface area contributed by atoms with Crippen molar-refractivity contribution in [1.82, 2.24) is 15.0 Å². The summed E-state index contributed by atoms with van der Waals surface area (Å²) in [7, 11) is 0. The highest BCUT2D eigenvalue weighted by Crippen LogP contribution is 2.34. The molecule has 2 aromatic heterocycles. The SMILES string of the molecule is [2H]c1c([2H])c([2H])c(-c2nc(-c3cccc(-c4cccnc4)c3)cc(-c3cccc(-c4cccc5ccccc45)c3)n2)c([2H])c1[2H]. The molecule has 0 amide bonds. The van der Waals surface area contributed by atoms with Gasteiger partial charge in [-0.2, -0.15) is 0 Å². The van der Waals surface area contributed by atoms with Gasteiger partial charge in [-0.1, -0.05) is 115 Å². The number of hydrogen-bond acceptors (Lipinski definition) is 3. The summed E-state index contributed by atoms with van der Waals surface area (Å²) >= 11 is 0. The lowest BCUT2D eigenvalue weighted by atomic mass is 9.96. The van der Waals surface area contributed by atoms with Crippen molar-refractivity contribution in [3.63, 3.8) is 0 Å². The summed E-state index contributed by atoms with van der Waals surface area (Å²) in [5, 5.41) is 2.27. The normalized spacial score (nSPS) is 12.8. The van der Waals surface area contributed by atoms with E-state index in [1.165, 1.54) is 0 Å². The van der Waals surface area contributed by atoms with Crippen LogP contribution in [0.1, 0.15) is 6.85 Å². The van der Waals surface area contributed by atoms with E-state index in [0.717, 1.165) is 44.2 Å². The summed E-state index contributed by atoms with van der Waals surface area (Å²) in [4.78, 5) is 13.9. The molecule has 0 aliphatic heterocycles. The van der Waals surface area contributed by atoms with Crippen LogP contribution in [0, 0.1) is 0 Å². The minimum Gasteiger partial charge on any atom is -0.264 e. The Hall–Kier alpha value is -5.41. The van der Waals surface area contributed by atoms with E-state index in [1.54, 1.807) is 12.4 Å². The molecule has 0 bridgehead atoms. The number of nitrogens with zero attached hydrogens (tertiary/aromatic N) is 3. The third kappa shape index (κ3) is 4.65. The Balaban J connectivity index is 1.45. The molecule has 188 valence electrons. The van der Waals surface area contributed by atoms with Crippen LogP contribution in [0.5, 0.6) is 0 Å². The number of fused-ring (bicyclic) bond motifs is 1. The van der Waals surface area contributed by atoms with Crippen LogP contribution in [0.15, 0.2) is 152 Å². The molecule has 3 heteroatoms. The van der Waals surface area contributed by atoms with Crippen LogP contribution in [0.25, 0.3) is 66.9 Å². The van der Waals surface area contributed by atoms with Gasteiger partial charge in [-0.15, -0.1) is 0 Å². The van der Waals surface area contributed by atoms with Gasteiger partial charge >= 0.3 is 0 Å². The molecule has 2 heterocycles. The van der Waals surface area contributed by atoms with Gasteiger partial charge in [-0.25, -0.2) is 9.97 Å². The predicted octanol–water partition coefficient (Wildman–Crippen LogP) is 9.36. The van der Waals surface area contributed by atoms with Crippen LogP contribution in [-0.4, -0.2) is 15.0 Å². The summed E-state index contributed by atoms with van der Waals surface area (Å²) in [6.45, 7) is 0. The molecule has 5 aromatic carbocycles. The Morgan fingerprint density at radius 1 is 0.500 bits per heavy atom. The molecule has 0 unspecified atom stereocenters. The van der Waals surface area contributed by atoms with Crippen molar-refractivity contribution >= 4 is 10.8 Å². The average molecular weight is 517 g/mol. The molecule has 0 aliphatic carbocycles. The van der Waals surface area contributed by atoms with Crippen molar-refractivity contribution in [3.05, 3.63) is 152 Å². The average Bonchev–Trinajstić information content (AvgIpc) is 3.10. The molecule has 0 N–H and O–H groups in total. The standard InChI is InChI=1S/C37H25N3/c1-2-11-27(12-3-1)37-39-35(30-16-6-14-28(22-30)32-18-9-21-38-25-32)24-36(40-37)31-17-7-15-29(23-31)34-20-8-13-26-10-4-5-19-33(26)34/h1-25H/i1D,2D,3D,11D,12D. The quantitative estimate of drug-likeness (QED) is 0.229. The van der Waals surface area contributed by atoms with Crippen molar-refractivity contribution in [2.24, 2.45) is 0 Å². The van der Waals surface area contributed by atoms with Gasteiger partial charge in [0.1, 0.15) is 0 Å². The first-order chi connectivity index (χ1) is 21.9. The van der Waals surface area contributed by atoms with Crippen LogP contribution < -0.4 is 0 Å². The monoisotopic (exact) mass is 516 g/mol. The molecule has 0 aliphatic rings. The fraction of sp³-hybridized carbons (Fsp3) is 0. The maximum absolute atomic E-state index is 8.63. The minimum absolute atomic E-state index is 0.0438. The topological polar surface area (TPSA) is 38.7 Å². The summed E-state index contributed by atoms with van der Waals surface area (Å²) in [6.07, 6.45) is 3.52. The number of hydrogen-bond donors (Lipinski definition) is 0. The molecule has 40 heavy (non-hydrogen) atoms. The lowest BCUT2D eigenvalue weighted by Gasteiger charge is -2.12. The molecule has 7 aromatic rings. The molecular weight excluding hydrogens is 486 g/mol.